The molecule has 0 saturated heterocycles. The normalized spacial score (nSPS) is 11.3. The number of aryl methyl sites for hydroxylation is 1. The van der Waals surface area contributed by atoms with Gasteiger partial charge < -0.3 is 9.30 Å². The van der Waals surface area contributed by atoms with E-state index < -0.39 is 0 Å². The van der Waals surface area contributed by atoms with E-state index >= 15 is 0 Å². The van der Waals surface area contributed by atoms with E-state index in [1.807, 2.05) is 36.4 Å². The Bertz CT molecular complexity index is 1670. The van der Waals surface area contributed by atoms with Crippen LogP contribution in [0.2, 0.25) is 0 Å². The number of hydrogen-bond acceptors (Lipinski definition) is 1. The minimum atomic E-state index is -0.214. The number of nitrogens with zero attached hydrogens (tertiary/aromatic N) is 2. The van der Waals surface area contributed by atoms with Crippen LogP contribution in [0.5, 0.6) is 5.75 Å². The van der Waals surface area contributed by atoms with Crippen LogP contribution in [0.15, 0.2) is 115 Å². The number of fused-ring (bicyclic) bond motifs is 3. The minimum absolute atomic E-state index is 0.214. The Morgan fingerprint density at radius 1 is 0.730 bits per heavy atom. The quantitative estimate of drug-likeness (QED) is 0.218. The highest BCUT2D eigenvalue weighted by Gasteiger charge is 2.20. The molecule has 0 aliphatic carbocycles. The molecule has 0 spiro atoms. The molecule has 0 amide bonds. The molecule has 0 aliphatic rings. The maximum Gasteiger partial charge on any atom is 0.203 e. The fourth-order valence-electron chi connectivity index (χ4n) is 5.05. The minimum Gasteiger partial charge on any atom is -0.489 e. The first-order chi connectivity index (χ1) is 18.2. The molecule has 6 aromatic rings. The van der Waals surface area contributed by atoms with Gasteiger partial charge in [-0.05, 0) is 47.5 Å². The van der Waals surface area contributed by atoms with E-state index in [9.17, 15) is 4.39 Å². The lowest BCUT2D eigenvalue weighted by molar-refractivity contribution is -0.693. The Kier molecular flexibility index (Phi) is 6.15. The first-order valence-electron chi connectivity index (χ1n) is 12.6. The summed E-state index contributed by atoms with van der Waals surface area (Å²) in [6.07, 6.45) is 2.13. The molecule has 0 bridgehead atoms. The van der Waals surface area contributed by atoms with Crippen molar-refractivity contribution < 1.29 is 13.7 Å². The maximum absolute atomic E-state index is 13.5. The van der Waals surface area contributed by atoms with Gasteiger partial charge in [0, 0.05) is 41.9 Å². The second-order valence-electron chi connectivity index (χ2n) is 9.44. The van der Waals surface area contributed by atoms with Crippen molar-refractivity contribution in [1.82, 2.24) is 4.57 Å². The molecule has 0 aliphatic heterocycles. The zero-order valence-electron chi connectivity index (χ0n) is 20.8. The van der Waals surface area contributed by atoms with Gasteiger partial charge in [-0.2, -0.15) is 4.57 Å². The molecule has 4 heteroatoms. The number of benzene rings is 4. The highest BCUT2D eigenvalue weighted by atomic mass is 19.1. The molecule has 0 saturated carbocycles. The molecule has 3 nitrogen and oxygen atoms in total. The van der Waals surface area contributed by atoms with Crippen LogP contribution in [0.3, 0.4) is 0 Å². The van der Waals surface area contributed by atoms with Crippen LogP contribution < -0.4 is 9.30 Å². The van der Waals surface area contributed by atoms with Crippen molar-refractivity contribution in [2.24, 2.45) is 0 Å². The number of ether oxygens (including phenoxy) is 1. The predicted octanol–water partition coefficient (Wildman–Crippen LogP) is 7.21. The fraction of sp³-hybridized carbons (Fsp3) is 0.121. The van der Waals surface area contributed by atoms with Gasteiger partial charge in [0.15, 0.2) is 12.7 Å². The van der Waals surface area contributed by atoms with Gasteiger partial charge in [0.1, 0.15) is 23.7 Å². The predicted molar refractivity (Wildman–Crippen MR) is 146 cm³/mol. The van der Waals surface area contributed by atoms with E-state index in [1.165, 1.54) is 39.7 Å². The summed E-state index contributed by atoms with van der Waals surface area (Å²) in [6.45, 7) is 4.13. The van der Waals surface area contributed by atoms with Gasteiger partial charge in [-0.1, -0.05) is 60.7 Å². The molecule has 0 N–H and O–H groups in total. The topological polar surface area (TPSA) is 18.0 Å². The van der Waals surface area contributed by atoms with Gasteiger partial charge in [-0.25, -0.2) is 4.39 Å². The average Bonchev–Trinajstić information content (AvgIpc) is 3.24. The van der Waals surface area contributed by atoms with Gasteiger partial charge in [0.05, 0.1) is 5.52 Å². The Labute approximate surface area is 216 Å². The monoisotopic (exact) mass is 487 g/mol. The van der Waals surface area contributed by atoms with E-state index in [1.54, 1.807) is 0 Å². The Balaban J connectivity index is 1.46. The summed E-state index contributed by atoms with van der Waals surface area (Å²) in [7, 11) is 0. The summed E-state index contributed by atoms with van der Waals surface area (Å²) < 4.78 is 24.3. The second kappa shape index (κ2) is 9.90. The second-order valence-corrected chi connectivity index (χ2v) is 9.44. The van der Waals surface area contributed by atoms with Gasteiger partial charge >= 0.3 is 0 Å². The van der Waals surface area contributed by atoms with Gasteiger partial charge in [0.2, 0.25) is 5.69 Å². The molecule has 6 rings (SSSR count). The number of halogens is 1. The zero-order valence-corrected chi connectivity index (χ0v) is 20.8. The van der Waals surface area contributed by atoms with E-state index in [0.717, 1.165) is 28.9 Å². The first-order valence-corrected chi connectivity index (χ1v) is 12.6. The Hall–Kier alpha value is -4.44. The van der Waals surface area contributed by atoms with Crippen LogP contribution in [0.25, 0.3) is 21.8 Å². The third-order valence-electron chi connectivity index (χ3n) is 6.97. The first kappa shape index (κ1) is 23.0. The molecule has 0 radical (unpaired) electrons. The van der Waals surface area contributed by atoms with Crippen molar-refractivity contribution in [2.45, 2.75) is 26.6 Å². The third kappa shape index (κ3) is 4.70. The summed E-state index contributed by atoms with van der Waals surface area (Å²) in [4.78, 5) is 0. The molecule has 182 valence electrons. The summed E-state index contributed by atoms with van der Waals surface area (Å²) in [5.74, 6) is 0.638. The lowest BCUT2D eigenvalue weighted by Crippen LogP contribution is -2.37. The highest BCUT2D eigenvalue weighted by molar-refractivity contribution is 6.08. The van der Waals surface area contributed by atoms with Crippen molar-refractivity contribution in [2.75, 3.05) is 0 Å². The van der Waals surface area contributed by atoms with Crippen molar-refractivity contribution in [3.8, 4) is 5.75 Å². The number of hydrogen-bond donors (Lipinski definition) is 0. The van der Waals surface area contributed by atoms with Crippen molar-refractivity contribution in [3.05, 3.63) is 144 Å². The van der Waals surface area contributed by atoms with Crippen LogP contribution in [0.1, 0.15) is 22.4 Å². The SMILES string of the molecule is Cc1c2c(cc[n+]1Cc1ccc(F)cc1)c1ccc(OCc3ccccc3)cc1n2Cc1ccccc1. The molecule has 0 atom stereocenters. The van der Waals surface area contributed by atoms with Gasteiger partial charge in [-0.3, -0.25) is 0 Å². The molecule has 0 unspecified atom stereocenters. The molecule has 2 aromatic heterocycles. The molecule has 37 heavy (non-hydrogen) atoms. The van der Waals surface area contributed by atoms with Crippen LogP contribution in [0.4, 0.5) is 4.39 Å². The van der Waals surface area contributed by atoms with Crippen molar-refractivity contribution >= 4 is 21.8 Å². The highest BCUT2D eigenvalue weighted by Crippen LogP contribution is 2.33. The number of rotatable bonds is 7. The standard InChI is InChI=1S/C33H28FN2O/c1-24-33-31(18-19-35(24)21-26-12-14-28(34)15-13-26)30-17-16-29(37-23-27-10-6-3-7-11-27)20-32(30)36(33)22-25-8-4-2-5-9-25/h2-20H,21-23H2,1H3/q+1. The van der Waals surface area contributed by atoms with E-state index in [2.05, 4.69) is 82.9 Å². The van der Waals surface area contributed by atoms with E-state index in [-0.39, 0.29) is 5.82 Å². The summed E-state index contributed by atoms with van der Waals surface area (Å²) in [5.41, 5.74) is 6.96. The fourth-order valence-corrected chi connectivity index (χ4v) is 5.05. The van der Waals surface area contributed by atoms with E-state index in [4.69, 9.17) is 4.74 Å². The largest absolute Gasteiger partial charge is 0.489 e. The number of pyridine rings is 1. The van der Waals surface area contributed by atoms with Crippen LogP contribution >= 0.6 is 0 Å². The lowest BCUT2D eigenvalue weighted by atomic mass is 10.1. The van der Waals surface area contributed by atoms with Crippen LogP contribution in [0, 0.1) is 12.7 Å². The zero-order chi connectivity index (χ0) is 25.2. The molecule has 2 heterocycles. The third-order valence-corrected chi connectivity index (χ3v) is 6.97. The lowest BCUT2D eigenvalue weighted by Gasteiger charge is -2.11. The smallest absolute Gasteiger partial charge is 0.203 e. The summed E-state index contributed by atoms with van der Waals surface area (Å²) in [6, 6.07) is 36.1. The number of aromatic nitrogens is 2. The summed E-state index contributed by atoms with van der Waals surface area (Å²) >= 11 is 0. The molecular formula is C33H28FN2O+. The van der Waals surface area contributed by atoms with E-state index in [0.29, 0.717) is 13.2 Å². The van der Waals surface area contributed by atoms with Gasteiger partial charge in [0.25, 0.3) is 0 Å². The molecule has 4 aromatic carbocycles. The Morgan fingerprint density at radius 2 is 1.43 bits per heavy atom. The van der Waals surface area contributed by atoms with Crippen LogP contribution in [-0.4, -0.2) is 4.57 Å². The summed E-state index contributed by atoms with van der Waals surface area (Å²) in [5, 5.41) is 2.42. The van der Waals surface area contributed by atoms with Gasteiger partial charge in [-0.15, -0.1) is 0 Å². The maximum atomic E-state index is 13.5. The van der Waals surface area contributed by atoms with Crippen molar-refractivity contribution in [3.63, 3.8) is 0 Å². The van der Waals surface area contributed by atoms with Crippen LogP contribution in [-0.2, 0) is 19.7 Å². The van der Waals surface area contributed by atoms with Crippen molar-refractivity contribution in [1.29, 1.82) is 0 Å². The molecular weight excluding hydrogens is 459 g/mol. The molecule has 0 fully saturated rings. The average molecular weight is 488 g/mol. The Morgan fingerprint density at radius 3 is 2.16 bits per heavy atom.